The number of H-pyrrole nitrogens is 1. The third-order valence-electron chi connectivity index (χ3n) is 3.64. The number of nitrogens with zero attached hydrogens (tertiary/aromatic N) is 2. The molecule has 17 heavy (non-hydrogen) atoms. The third kappa shape index (κ3) is 3.80. The van der Waals surface area contributed by atoms with Gasteiger partial charge >= 0.3 is 0 Å². The lowest BCUT2D eigenvalue weighted by molar-refractivity contribution is 0.635. The van der Waals surface area contributed by atoms with Crippen LogP contribution >= 0.6 is 0 Å². The number of aromatic amines is 1. The minimum absolute atomic E-state index is 0.622. The van der Waals surface area contributed by atoms with Crippen LogP contribution in [0.4, 0.5) is 0 Å². The summed E-state index contributed by atoms with van der Waals surface area (Å²) in [5.74, 6) is 2.75. The lowest BCUT2D eigenvalue weighted by atomic mass is 10.1. The van der Waals surface area contributed by atoms with Crippen LogP contribution in [0.3, 0.4) is 0 Å². The highest BCUT2D eigenvalue weighted by molar-refractivity contribution is 4.99. The maximum Gasteiger partial charge on any atom is 0.153 e. The number of aryl methyl sites for hydroxylation is 1. The molecule has 0 spiro atoms. The molecular weight excluding hydrogens is 212 g/mol. The van der Waals surface area contributed by atoms with Crippen LogP contribution in [0.2, 0.25) is 0 Å². The molecule has 1 fully saturated rings. The predicted octanol–water partition coefficient (Wildman–Crippen LogP) is 2.52. The van der Waals surface area contributed by atoms with E-state index in [1.807, 2.05) is 0 Å². The fourth-order valence-corrected chi connectivity index (χ4v) is 2.58. The fraction of sp³-hybridized carbons (Fsp3) is 0.846. The number of nitrogens with two attached hydrogens (primary N) is 1. The molecule has 3 N–H and O–H groups in total. The van der Waals surface area contributed by atoms with Gasteiger partial charge in [-0.25, -0.2) is 4.98 Å². The van der Waals surface area contributed by atoms with Crippen molar-refractivity contribution in [3.63, 3.8) is 0 Å². The van der Waals surface area contributed by atoms with Gasteiger partial charge in [0.15, 0.2) is 5.82 Å². The highest BCUT2D eigenvalue weighted by Crippen LogP contribution is 2.31. The topological polar surface area (TPSA) is 67.6 Å². The van der Waals surface area contributed by atoms with Gasteiger partial charge in [-0.05, 0) is 32.2 Å². The first-order valence-corrected chi connectivity index (χ1v) is 7.01. The molecule has 2 rings (SSSR count). The second kappa shape index (κ2) is 6.74. The fourth-order valence-electron chi connectivity index (χ4n) is 2.58. The van der Waals surface area contributed by atoms with Crippen molar-refractivity contribution in [1.82, 2.24) is 15.2 Å². The van der Waals surface area contributed by atoms with E-state index in [9.17, 15) is 0 Å². The molecule has 0 aromatic carbocycles. The monoisotopic (exact) mass is 236 g/mol. The molecule has 1 aliphatic rings. The Labute approximate surface area is 103 Å². The molecule has 1 saturated carbocycles. The van der Waals surface area contributed by atoms with E-state index in [4.69, 9.17) is 5.73 Å². The molecule has 0 atom stereocenters. The summed E-state index contributed by atoms with van der Waals surface area (Å²) in [7, 11) is 0. The maximum absolute atomic E-state index is 5.47. The Morgan fingerprint density at radius 1 is 1.12 bits per heavy atom. The van der Waals surface area contributed by atoms with E-state index in [0.717, 1.165) is 31.0 Å². The highest BCUT2D eigenvalue weighted by Gasteiger charge is 2.20. The maximum atomic E-state index is 5.47. The molecule has 1 aromatic heterocycles. The Bertz CT molecular complexity index is 315. The van der Waals surface area contributed by atoms with Crippen molar-refractivity contribution in [1.29, 1.82) is 0 Å². The minimum Gasteiger partial charge on any atom is -0.330 e. The summed E-state index contributed by atoms with van der Waals surface area (Å²) in [5, 5.41) is 7.44. The molecule has 1 aliphatic carbocycles. The SMILES string of the molecule is NCCCCCCc1nc(C2CCCC2)n[nH]1. The molecule has 0 unspecified atom stereocenters. The van der Waals surface area contributed by atoms with Crippen LogP contribution in [0.5, 0.6) is 0 Å². The summed E-state index contributed by atoms with van der Waals surface area (Å²) in [4.78, 5) is 4.62. The zero-order chi connectivity index (χ0) is 11.9. The van der Waals surface area contributed by atoms with Crippen LogP contribution in [0, 0.1) is 0 Å². The largest absolute Gasteiger partial charge is 0.330 e. The van der Waals surface area contributed by atoms with Gasteiger partial charge in [0.2, 0.25) is 0 Å². The number of unbranched alkanes of at least 4 members (excludes halogenated alkanes) is 3. The van der Waals surface area contributed by atoms with Crippen molar-refractivity contribution in [3.8, 4) is 0 Å². The zero-order valence-electron chi connectivity index (χ0n) is 10.6. The molecule has 1 heterocycles. The van der Waals surface area contributed by atoms with E-state index in [2.05, 4.69) is 15.2 Å². The Morgan fingerprint density at radius 3 is 2.65 bits per heavy atom. The molecule has 0 amide bonds. The Hall–Kier alpha value is -0.900. The Morgan fingerprint density at radius 2 is 1.88 bits per heavy atom. The number of hydrogen-bond acceptors (Lipinski definition) is 3. The van der Waals surface area contributed by atoms with Gasteiger partial charge in [-0.15, -0.1) is 0 Å². The lowest BCUT2D eigenvalue weighted by Crippen LogP contribution is -1.98. The first kappa shape index (κ1) is 12.6. The number of aromatic nitrogens is 3. The molecule has 96 valence electrons. The predicted molar refractivity (Wildman–Crippen MR) is 68.8 cm³/mol. The van der Waals surface area contributed by atoms with Crippen molar-refractivity contribution in [3.05, 3.63) is 11.6 Å². The van der Waals surface area contributed by atoms with E-state index in [1.54, 1.807) is 0 Å². The molecule has 0 aliphatic heterocycles. The van der Waals surface area contributed by atoms with E-state index in [0.29, 0.717) is 5.92 Å². The highest BCUT2D eigenvalue weighted by atomic mass is 15.2. The second-order valence-electron chi connectivity index (χ2n) is 5.07. The molecule has 0 saturated heterocycles. The van der Waals surface area contributed by atoms with Crippen molar-refractivity contribution < 1.29 is 0 Å². The van der Waals surface area contributed by atoms with Crippen molar-refractivity contribution in [2.45, 2.75) is 63.7 Å². The van der Waals surface area contributed by atoms with Gasteiger partial charge < -0.3 is 5.73 Å². The van der Waals surface area contributed by atoms with E-state index in [-0.39, 0.29) is 0 Å². The Balaban J connectivity index is 1.70. The molecule has 4 heteroatoms. The third-order valence-corrected chi connectivity index (χ3v) is 3.64. The first-order valence-electron chi connectivity index (χ1n) is 7.01. The van der Waals surface area contributed by atoms with Gasteiger partial charge in [0.25, 0.3) is 0 Å². The number of hydrogen-bond donors (Lipinski definition) is 2. The van der Waals surface area contributed by atoms with Crippen LogP contribution in [0.15, 0.2) is 0 Å². The molecule has 0 radical (unpaired) electrons. The normalized spacial score (nSPS) is 16.8. The van der Waals surface area contributed by atoms with E-state index < -0.39 is 0 Å². The minimum atomic E-state index is 0.622. The smallest absolute Gasteiger partial charge is 0.153 e. The molecular formula is C13H24N4. The van der Waals surface area contributed by atoms with Crippen LogP contribution in [0.25, 0.3) is 0 Å². The summed E-state index contributed by atoms with van der Waals surface area (Å²) in [6, 6.07) is 0. The standard InChI is InChI=1S/C13H24N4/c14-10-6-2-1-3-9-12-15-13(17-16-12)11-7-4-5-8-11/h11H,1-10,14H2,(H,15,16,17). The van der Waals surface area contributed by atoms with E-state index >= 15 is 0 Å². The zero-order valence-corrected chi connectivity index (χ0v) is 10.6. The average molecular weight is 236 g/mol. The summed E-state index contributed by atoms with van der Waals surface area (Å²) in [5.41, 5.74) is 5.47. The summed E-state index contributed by atoms with van der Waals surface area (Å²) in [6.45, 7) is 0.814. The van der Waals surface area contributed by atoms with Gasteiger partial charge in [0.1, 0.15) is 5.82 Å². The van der Waals surface area contributed by atoms with Crippen molar-refractivity contribution >= 4 is 0 Å². The van der Waals surface area contributed by atoms with Crippen LogP contribution < -0.4 is 5.73 Å². The average Bonchev–Trinajstić information content (AvgIpc) is 2.99. The second-order valence-corrected chi connectivity index (χ2v) is 5.07. The number of nitrogens with one attached hydrogen (secondary N) is 1. The summed E-state index contributed by atoms with van der Waals surface area (Å²) in [6.07, 6.45) is 11.1. The quantitative estimate of drug-likeness (QED) is 0.715. The Kier molecular flexibility index (Phi) is 4.98. The van der Waals surface area contributed by atoms with Gasteiger partial charge in [-0.3, -0.25) is 5.10 Å². The molecule has 0 bridgehead atoms. The van der Waals surface area contributed by atoms with Gasteiger partial charge in [0.05, 0.1) is 0 Å². The first-order chi connectivity index (χ1) is 8.40. The summed E-state index contributed by atoms with van der Waals surface area (Å²) >= 11 is 0. The van der Waals surface area contributed by atoms with Crippen molar-refractivity contribution in [2.75, 3.05) is 6.54 Å². The summed E-state index contributed by atoms with van der Waals surface area (Å²) < 4.78 is 0. The number of rotatable bonds is 7. The van der Waals surface area contributed by atoms with Crippen LogP contribution in [0.1, 0.15) is 68.9 Å². The van der Waals surface area contributed by atoms with Gasteiger partial charge in [-0.2, -0.15) is 5.10 Å². The van der Waals surface area contributed by atoms with Crippen LogP contribution in [-0.4, -0.2) is 21.7 Å². The molecule has 4 nitrogen and oxygen atoms in total. The van der Waals surface area contributed by atoms with Crippen LogP contribution in [-0.2, 0) is 6.42 Å². The molecule has 1 aromatic rings. The van der Waals surface area contributed by atoms with Crippen molar-refractivity contribution in [2.24, 2.45) is 5.73 Å². The van der Waals surface area contributed by atoms with Gasteiger partial charge in [-0.1, -0.05) is 25.7 Å². The van der Waals surface area contributed by atoms with Gasteiger partial charge in [0, 0.05) is 12.3 Å². The lowest BCUT2D eigenvalue weighted by Gasteiger charge is -2.01. The van der Waals surface area contributed by atoms with E-state index in [1.165, 1.54) is 44.9 Å².